The molecule has 0 aliphatic carbocycles. The predicted molar refractivity (Wildman–Crippen MR) is 90.6 cm³/mol. The molecule has 0 unspecified atom stereocenters. The molecule has 120 valence electrons. The number of halogens is 1. The second-order valence-electron chi connectivity index (χ2n) is 6.39. The molecule has 1 aromatic rings. The SMILES string of the molecule is COC(=O)c1cc(Cl)ncc1C#CCO[Si](C)(C)C(C)(C)C. The Balaban J connectivity index is 2.88. The van der Waals surface area contributed by atoms with Gasteiger partial charge in [0.05, 0.1) is 24.8 Å². The lowest BCUT2D eigenvalue weighted by Gasteiger charge is -2.35. The molecule has 0 spiro atoms. The summed E-state index contributed by atoms with van der Waals surface area (Å²) in [5, 5.41) is 0.358. The van der Waals surface area contributed by atoms with Crippen LogP contribution in [0.3, 0.4) is 0 Å². The maximum atomic E-state index is 11.7. The third kappa shape index (κ3) is 4.84. The standard InChI is InChI=1S/C16H22ClNO3Si/c1-16(2,3)22(5,6)21-9-7-8-12-11-18-14(17)10-13(12)15(19)20-4/h10-11H,9H2,1-6H3. The molecular formula is C16H22ClNO3Si. The van der Waals surface area contributed by atoms with Gasteiger partial charge in [0.25, 0.3) is 0 Å². The summed E-state index contributed by atoms with van der Waals surface area (Å²) in [7, 11) is -0.511. The molecule has 1 aromatic heterocycles. The van der Waals surface area contributed by atoms with Crippen molar-refractivity contribution in [2.45, 2.75) is 38.9 Å². The van der Waals surface area contributed by atoms with Gasteiger partial charge >= 0.3 is 5.97 Å². The largest absolute Gasteiger partial charge is 0.465 e. The zero-order valence-electron chi connectivity index (χ0n) is 13.9. The van der Waals surface area contributed by atoms with E-state index in [1.165, 1.54) is 19.4 Å². The minimum absolute atomic E-state index is 0.133. The number of hydrogen-bond donors (Lipinski definition) is 0. The van der Waals surface area contributed by atoms with Crippen molar-refractivity contribution < 1.29 is 14.0 Å². The van der Waals surface area contributed by atoms with Crippen LogP contribution in [0.15, 0.2) is 12.3 Å². The molecule has 0 aliphatic heterocycles. The Kier molecular flexibility index (Phi) is 6.18. The van der Waals surface area contributed by atoms with E-state index in [2.05, 4.69) is 50.7 Å². The van der Waals surface area contributed by atoms with Crippen molar-refractivity contribution in [1.29, 1.82) is 0 Å². The van der Waals surface area contributed by atoms with Gasteiger partial charge in [-0.15, -0.1) is 0 Å². The molecule has 4 nitrogen and oxygen atoms in total. The maximum Gasteiger partial charge on any atom is 0.339 e. The van der Waals surface area contributed by atoms with Gasteiger partial charge in [-0.3, -0.25) is 0 Å². The van der Waals surface area contributed by atoms with E-state index in [1.807, 2.05) is 0 Å². The lowest BCUT2D eigenvalue weighted by molar-refractivity contribution is 0.0600. The van der Waals surface area contributed by atoms with Gasteiger partial charge in [0.15, 0.2) is 8.32 Å². The number of aromatic nitrogens is 1. The van der Waals surface area contributed by atoms with Gasteiger partial charge in [-0.2, -0.15) is 0 Å². The molecule has 0 atom stereocenters. The number of nitrogens with zero attached hydrogens (tertiary/aromatic N) is 1. The summed E-state index contributed by atoms with van der Waals surface area (Å²) in [6.07, 6.45) is 1.47. The van der Waals surface area contributed by atoms with Gasteiger partial charge in [0, 0.05) is 6.20 Å². The molecule has 1 rings (SSSR count). The van der Waals surface area contributed by atoms with Gasteiger partial charge in [-0.1, -0.05) is 44.2 Å². The van der Waals surface area contributed by atoms with Crippen LogP contribution in [0.25, 0.3) is 0 Å². The van der Waals surface area contributed by atoms with Crippen LogP contribution in [0, 0.1) is 11.8 Å². The average molecular weight is 340 g/mol. The molecule has 0 aromatic carbocycles. The van der Waals surface area contributed by atoms with Crippen LogP contribution in [0.1, 0.15) is 36.7 Å². The summed E-state index contributed by atoms with van der Waals surface area (Å²) in [5.74, 6) is 5.36. The van der Waals surface area contributed by atoms with Crippen LogP contribution in [-0.2, 0) is 9.16 Å². The van der Waals surface area contributed by atoms with E-state index in [9.17, 15) is 4.79 Å². The number of pyridine rings is 1. The van der Waals surface area contributed by atoms with Gasteiger partial charge in [-0.05, 0) is 24.2 Å². The van der Waals surface area contributed by atoms with Crippen molar-refractivity contribution in [2.24, 2.45) is 0 Å². The number of esters is 1. The highest BCUT2D eigenvalue weighted by Crippen LogP contribution is 2.36. The van der Waals surface area contributed by atoms with E-state index in [4.69, 9.17) is 20.8 Å². The Bertz CT molecular complexity index is 612. The molecule has 0 aliphatic rings. The number of carbonyl (C=O) groups is 1. The van der Waals surface area contributed by atoms with Crippen LogP contribution >= 0.6 is 11.6 Å². The lowest BCUT2D eigenvalue weighted by Crippen LogP contribution is -2.40. The monoisotopic (exact) mass is 339 g/mol. The molecule has 0 radical (unpaired) electrons. The van der Waals surface area contributed by atoms with Gasteiger partial charge in [0.2, 0.25) is 0 Å². The summed E-state index contributed by atoms with van der Waals surface area (Å²) in [5.41, 5.74) is 0.789. The first-order valence-electron chi connectivity index (χ1n) is 6.95. The van der Waals surface area contributed by atoms with Crippen molar-refractivity contribution in [3.05, 3.63) is 28.5 Å². The Hall–Kier alpha value is -1.35. The Morgan fingerprint density at radius 2 is 2.05 bits per heavy atom. The van der Waals surface area contributed by atoms with E-state index < -0.39 is 14.3 Å². The Labute approximate surface area is 138 Å². The first-order valence-corrected chi connectivity index (χ1v) is 10.2. The summed E-state index contributed by atoms with van der Waals surface area (Å²) < 4.78 is 10.7. The molecule has 1 heterocycles. The van der Waals surface area contributed by atoms with Crippen molar-refractivity contribution in [2.75, 3.05) is 13.7 Å². The van der Waals surface area contributed by atoms with Crippen molar-refractivity contribution in [1.82, 2.24) is 4.98 Å². The highest BCUT2D eigenvalue weighted by atomic mass is 35.5. The van der Waals surface area contributed by atoms with E-state index in [0.29, 0.717) is 17.7 Å². The van der Waals surface area contributed by atoms with Crippen LogP contribution in [0.5, 0.6) is 0 Å². The number of rotatable bonds is 3. The second-order valence-corrected chi connectivity index (χ2v) is 11.6. The van der Waals surface area contributed by atoms with Crippen molar-refractivity contribution >= 4 is 25.9 Å². The summed E-state index contributed by atoms with van der Waals surface area (Å²) >= 11 is 5.80. The number of carbonyl (C=O) groups excluding carboxylic acids is 1. The Morgan fingerprint density at radius 1 is 1.41 bits per heavy atom. The molecule has 0 amide bonds. The summed E-state index contributed by atoms with van der Waals surface area (Å²) in [4.78, 5) is 15.7. The number of hydrogen-bond acceptors (Lipinski definition) is 4. The van der Waals surface area contributed by atoms with E-state index in [0.717, 1.165) is 0 Å². The van der Waals surface area contributed by atoms with E-state index >= 15 is 0 Å². The third-order valence-electron chi connectivity index (χ3n) is 3.81. The van der Waals surface area contributed by atoms with Crippen LogP contribution < -0.4 is 0 Å². The molecule has 0 N–H and O–H groups in total. The molecule has 0 fully saturated rings. The van der Waals surface area contributed by atoms with E-state index in [1.54, 1.807) is 0 Å². The summed E-state index contributed by atoms with van der Waals surface area (Å²) in [6, 6.07) is 1.45. The zero-order valence-corrected chi connectivity index (χ0v) is 15.7. The fraction of sp³-hybridized carbons (Fsp3) is 0.500. The van der Waals surface area contributed by atoms with Gasteiger partial charge < -0.3 is 9.16 Å². The predicted octanol–water partition coefficient (Wildman–Crippen LogP) is 3.89. The minimum atomic E-state index is -1.83. The minimum Gasteiger partial charge on any atom is -0.465 e. The Morgan fingerprint density at radius 3 is 2.59 bits per heavy atom. The number of ether oxygens (including phenoxy) is 1. The second kappa shape index (κ2) is 7.27. The van der Waals surface area contributed by atoms with Crippen molar-refractivity contribution in [3.8, 4) is 11.8 Å². The van der Waals surface area contributed by atoms with Crippen LogP contribution in [0.2, 0.25) is 23.3 Å². The molecule has 0 saturated heterocycles. The highest BCUT2D eigenvalue weighted by molar-refractivity contribution is 6.74. The first kappa shape index (κ1) is 18.7. The molecular weight excluding hydrogens is 318 g/mol. The quantitative estimate of drug-likeness (QED) is 0.363. The topological polar surface area (TPSA) is 48.4 Å². The summed E-state index contributed by atoms with van der Waals surface area (Å²) in [6.45, 7) is 11.2. The van der Waals surface area contributed by atoms with Gasteiger partial charge in [0.1, 0.15) is 5.15 Å². The molecule has 6 heteroatoms. The van der Waals surface area contributed by atoms with E-state index in [-0.39, 0.29) is 10.2 Å². The molecule has 0 saturated carbocycles. The fourth-order valence-corrected chi connectivity index (χ4v) is 2.40. The fourth-order valence-electron chi connectivity index (χ4n) is 1.37. The maximum absolute atomic E-state index is 11.7. The van der Waals surface area contributed by atoms with Crippen molar-refractivity contribution in [3.63, 3.8) is 0 Å². The lowest BCUT2D eigenvalue weighted by atomic mass is 10.1. The number of methoxy groups -OCH3 is 1. The smallest absolute Gasteiger partial charge is 0.339 e. The van der Waals surface area contributed by atoms with Crippen LogP contribution in [-0.4, -0.2) is 33.0 Å². The average Bonchev–Trinajstić information content (AvgIpc) is 2.42. The zero-order chi connectivity index (χ0) is 17.0. The highest BCUT2D eigenvalue weighted by Gasteiger charge is 2.36. The van der Waals surface area contributed by atoms with Crippen LogP contribution in [0.4, 0.5) is 0 Å². The molecule has 22 heavy (non-hydrogen) atoms. The van der Waals surface area contributed by atoms with Gasteiger partial charge in [-0.25, -0.2) is 9.78 Å². The first-order chi connectivity index (χ1) is 10.1. The normalized spacial score (nSPS) is 11.6. The third-order valence-corrected chi connectivity index (χ3v) is 8.50. The molecule has 0 bridgehead atoms.